The molecule has 7 nitrogen and oxygen atoms in total. The summed E-state index contributed by atoms with van der Waals surface area (Å²) in [5.41, 5.74) is 2.76. The molecule has 0 radical (unpaired) electrons. The van der Waals surface area contributed by atoms with Gasteiger partial charge in [-0.3, -0.25) is 9.47 Å². The molecule has 3 aliphatic rings. The fourth-order valence-corrected chi connectivity index (χ4v) is 5.14. The number of piperidine rings is 1. The van der Waals surface area contributed by atoms with Crippen molar-refractivity contribution in [1.29, 1.82) is 0 Å². The molecule has 0 bridgehead atoms. The van der Waals surface area contributed by atoms with E-state index in [9.17, 15) is 4.39 Å². The number of nitrogens with zero attached hydrogens (tertiary/aromatic N) is 7. The Morgan fingerprint density at radius 3 is 2.62 bits per heavy atom. The molecule has 4 heterocycles. The Morgan fingerprint density at radius 1 is 1.06 bits per heavy atom. The molecule has 3 aromatic rings. The lowest BCUT2D eigenvalue weighted by Gasteiger charge is -2.31. The normalized spacial score (nSPS) is 19.5. The molecule has 2 fully saturated rings. The number of fused-ring (bicyclic) bond motifs is 3. The van der Waals surface area contributed by atoms with Crippen LogP contribution in [0.15, 0.2) is 24.4 Å². The summed E-state index contributed by atoms with van der Waals surface area (Å²) in [7, 11) is 0. The van der Waals surface area contributed by atoms with Crippen LogP contribution in [0, 0.1) is 12.7 Å². The van der Waals surface area contributed by atoms with Gasteiger partial charge in [0, 0.05) is 36.6 Å². The first kappa shape index (κ1) is 20.1. The number of rotatable bonds is 3. The van der Waals surface area contributed by atoms with Crippen molar-refractivity contribution in [3.8, 4) is 5.69 Å². The summed E-state index contributed by atoms with van der Waals surface area (Å²) in [5, 5.41) is 10.1. The van der Waals surface area contributed by atoms with Crippen LogP contribution in [0.3, 0.4) is 0 Å². The van der Waals surface area contributed by atoms with Gasteiger partial charge >= 0.3 is 0 Å². The van der Waals surface area contributed by atoms with E-state index in [1.54, 1.807) is 6.92 Å². The predicted molar refractivity (Wildman–Crippen MR) is 120 cm³/mol. The molecule has 0 amide bonds. The minimum Gasteiger partial charge on any atom is -0.341 e. The van der Waals surface area contributed by atoms with Gasteiger partial charge in [-0.1, -0.05) is 11.6 Å². The van der Waals surface area contributed by atoms with Crippen molar-refractivity contribution in [2.24, 2.45) is 0 Å². The molecular formula is C23H25ClFN7. The smallest absolute Gasteiger partial charge is 0.225 e. The molecule has 1 aliphatic carbocycles. The van der Waals surface area contributed by atoms with E-state index < -0.39 is 0 Å². The third-order valence-electron chi connectivity index (χ3n) is 6.87. The number of anilines is 1. The van der Waals surface area contributed by atoms with Crippen molar-refractivity contribution < 1.29 is 4.39 Å². The summed E-state index contributed by atoms with van der Waals surface area (Å²) >= 11 is 6.36. The molecule has 6 rings (SSSR count). The summed E-state index contributed by atoms with van der Waals surface area (Å²) in [4.78, 5) is 13.1. The summed E-state index contributed by atoms with van der Waals surface area (Å²) in [6.07, 6.45) is 5.61. The minimum atomic E-state index is -0.367. The van der Waals surface area contributed by atoms with Gasteiger partial charge < -0.3 is 4.90 Å². The summed E-state index contributed by atoms with van der Waals surface area (Å²) < 4.78 is 15.8. The van der Waals surface area contributed by atoms with Crippen LogP contribution in [0.2, 0.25) is 5.02 Å². The number of hydrogen-bond acceptors (Lipinski definition) is 6. The Balaban J connectivity index is 1.29. The highest BCUT2D eigenvalue weighted by Crippen LogP contribution is 2.37. The van der Waals surface area contributed by atoms with E-state index in [0.29, 0.717) is 23.6 Å². The summed E-state index contributed by atoms with van der Waals surface area (Å²) in [5.74, 6) is 2.56. The van der Waals surface area contributed by atoms with Crippen LogP contribution in [0.25, 0.3) is 5.69 Å². The maximum atomic E-state index is 13.6. The first-order chi connectivity index (χ1) is 15.6. The van der Waals surface area contributed by atoms with Crippen molar-refractivity contribution in [3.63, 3.8) is 0 Å². The van der Waals surface area contributed by atoms with Crippen molar-refractivity contribution in [2.45, 2.75) is 57.7 Å². The second-order valence-electron chi connectivity index (χ2n) is 9.08. The number of halogens is 2. The van der Waals surface area contributed by atoms with Gasteiger partial charge in [0.2, 0.25) is 5.95 Å². The quantitative estimate of drug-likeness (QED) is 0.597. The fraction of sp³-hybridized carbons (Fsp3) is 0.478. The highest BCUT2D eigenvalue weighted by atomic mass is 35.5. The van der Waals surface area contributed by atoms with Crippen molar-refractivity contribution >= 4 is 17.5 Å². The highest BCUT2D eigenvalue weighted by molar-refractivity contribution is 6.30. The lowest BCUT2D eigenvalue weighted by molar-refractivity contribution is 0.243. The minimum absolute atomic E-state index is 0.296. The number of aromatic nitrogens is 5. The maximum absolute atomic E-state index is 13.6. The molecule has 0 unspecified atom stereocenters. The Morgan fingerprint density at radius 2 is 1.88 bits per heavy atom. The number of benzene rings is 1. The van der Waals surface area contributed by atoms with Crippen LogP contribution in [0.4, 0.5) is 10.3 Å². The van der Waals surface area contributed by atoms with E-state index in [0.717, 1.165) is 61.4 Å². The SMILES string of the molecule is Cc1nc(N2CCC(c3nnc4n3-c3ccc(Cl)cc3CN(C3CC3)C4)CC2)ncc1F. The zero-order valence-electron chi connectivity index (χ0n) is 18.0. The monoisotopic (exact) mass is 453 g/mol. The second-order valence-corrected chi connectivity index (χ2v) is 9.52. The fourth-order valence-electron chi connectivity index (χ4n) is 4.94. The van der Waals surface area contributed by atoms with E-state index in [-0.39, 0.29) is 5.82 Å². The Hall–Kier alpha value is -2.58. The predicted octanol–water partition coefficient (Wildman–Crippen LogP) is 4.02. The molecule has 32 heavy (non-hydrogen) atoms. The number of aryl methyl sites for hydroxylation is 1. The van der Waals surface area contributed by atoms with E-state index >= 15 is 0 Å². The molecule has 9 heteroatoms. The van der Waals surface area contributed by atoms with Gasteiger partial charge in [0.1, 0.15) is 5.82 Å². The van der Waals surface area contributed by atoms with E-state index in [2.05, 4.69) is 46.7 Å². The van der Waals surface area contributed by atoms with Gasteiger partial charge in [-0.15, -0.1) is 10.2 Å². The van der Waals surface area contributed by atoms with Gasteiger partial charge in [-0.05, 0) is 56.4 Å². The molecule has 0 atom stereocenters. The average Bonchev–Trinajstić information content (AvgIpc) is 3.58. The van der Waals surface area contributed by atoms with Crippen LogP contribution in [0.5, 0.6) is 0 Å². The summed E-state index contributed by atoms with van der Waals surface area (Å²) in [6.45, 7) is 4.99. The third kappa shape index (κ3) is 3.55. The Bertz CT molecular complexity index is 1170. The van der Waals surface area contributed by atoms with Gasteiger partial charge in [-0.2, -0.15) is 0 Å². The van der Waals surface area contributed by atoms with Gasteiger partial charge in [0.25, 0.3) is 0 Å². The standard InChI is InChI=1S/C23H25ClFN7/c1-14-19(25)11-26-23(27-14)30-8-6-15(7-9-30)22-29-28-21-13-31(18-3-4-18)12-16-10-17(24)2-5-20(16)32(21)22/h2,5,10-11,15,18H,3-4,6-9,12-13H2,1H3. The Labute approximate surface area is 191 Å². The van der Waals surface area contributed by atoms with Crippen LogP contribution >= 0.6 is 11.6 Å². The largest absolute Gasteiger partial charge is 0.341 e. The van der Waals surface area contributed by atoms with E-state index in [4.69, 9.17) is 11.6 Å². The van der Waals surface area contributed by atoms with Gasteiger partial charge in [0.15, 0.2) is 11.6 Å². The van der Waals surface area contributed by atoms with Crippen LogP contribution in [0.1, 0.15) is 54.5 Å². The highest BCUT2D eigenvalue weighted by Gasteiger charge is 2.35. The molecular weight excluding hydrogens is 429 g/mol. The molecule has 166 valence electrons. The Kier molecular flexibility index (Phi) is 4.87. The van der Waals surface area contributed by atoms with Crippen LogP contribution < -0.4 is 4.90 Å². The zero-order valence-corrected chi connectivity index (χ0v) is 18.8. The van der Waals surface area contributed by atoms with Crippen LogP contribution in [-0.4, -0.2) is 48.8 Å². The molecule has 1 saturated heterocycles. The summed E-state index contributed by atoms with van der Waals surface area (Å²) in [6, 6.07) is 6.78. The first-order valence-electron chi connectivity index (χ1n) is 11.3. The van der Waals surface area contributed by atoms with Crippen molar-refractivity contribution in [3.05, 3.63) is 58.1 Å². The maximum Gasteiger partial charge on any atom is 0.225 e. The lowest BCUT2D eigenvalue weighted by Crippen LogP contribution is -2.35. The topological polar surface area (TPSA) is 63.0 Å². The molecule has 2 aromatic heterocycles. The van der Waals surface area contributed by atoms with Crippen molar-refractivity contribution in [1.82, 2.24) is 29.6 Å². The van der Waals surface area contributed by atoms with Crippen LogP contribution in [-0.2, 0) is 13.1 Å². The van der Waals surface area contributed by atoms with Crippen molar-refractivity contribution in [2.75, 3.05) is 18.0 Å². The molecule has 2 aliphatic heterocycles. The van der Waals surface area contributed by atoms with Gasteiger partial charge in [0.05, 0.1) is 24.1 Å². The number of hydrogen-bond donors (Lipinski definition) is 0. The third-order valence-corrected chi connectivity index (χ3v) is 7.10. The van der Waals surface area contributed by atoms with E-state index in [1.807, 2.05) is 6.07 Å². The zero-order chi connectivity index (χ0) is 21.8. The molecule has 0 N–H and O–H groups in total. The molecule has 1 saturated carbocycles. The molecule has 1 aromatic carbocycles. The van der Waals surface area contributed by atoms with Gasteiger partial charge in [-0.25, -0.2) is 14.4 Å². The van der Waals surface area contributed by atoms with E-state index in [1.165, 1.54) is 24.6 Å². The molecule has 0 spiro atoms. The first-order valence-corrected chi connectivity index (χ1v) is 11.7. The lowest BCUT2D eigenvalue weighted by atomic mass is 9.95. The average molecular weight is 454 g/mol. The second kappa shape index (κ2) is 7.78.